The molecular formula is C19H20O4. The van der Waals surface area contributed by atoms with Crippen LogP contribution in [-0.4, -0.2) is 25.9 Å². The molecule has 0 amide bonds. The van der Waals surface area contributed by atoms with E-state index in [9.17, 15) is 5.11 Å². The first kappa shape index (κ1) is 16.7. The summed E-state index contributed by atoms with van der Waals surface area (Å²) in [4.78, 5) is 0. The fourth-order valence-electron chi connectivity index (χ4n) is 2.18. The van der Waals surface area contributed by atoms with Crippen molar-refractivity contribution >= 4 is 0 Å². The molecule has 0 aliphatic carbocycles. The van der Waals surface area contributed by atoms with Gasteiger partial charge in [-0.05, 0) is 29.8 Å². The van der Waals surface area contributed by atoms with Gasteiger partial charge in [-0.15, -0.1) is 6.42 Å². The third-order valence-corrected chi connectivity index (χ3v) is 3.48. The quantitative estimate of drug-likeness (QED) is 0.799. The molecule has 0 heterocycles. The lowest BCUT2D eigenvalue weighted by Crippen LogP contribution is -2.03. The lowest BCUT2D eigenvalue weighted by atomic mass is 10.1. The normalized spacial score (nSPS) is 11.4. The van der Waals surface area contributed by atoms with Gasteiger partial charge in [-0.1, -0.05) is 18.1 Å². The first-order chi connectivity index (χ1) is 11.2. The topological polar surface area (TPSA) is 47.9 Å². The fourth-order valence-corrected chi connectivity index (χ4v) is 2.18. The van der Waals surface area contributed by atoms with Crippen molar-refractivity contribution in [3.63, 3.8) is 0 Å². The second-order valence-electron chi connectivity index (χ2n) is 4.92. The predicted molar refractivity (Wildman–Crippen MR) is 89.0 cm³/mol. The summed E-state index contributed by atoms with van der Waals surface area (Å²) in [5, 5.41) is 9.73. The van der Waals surface area contributed by atoms with Crippen molar-refractivity contribution in [2.75, 3.05) is 20.8 Å². The number of ether oxygens (including phenoxy) is 3. The summed E-state index contributed by atoms with van der Waals surface area (Å²) in [5.74, 6) is 4.29. The van der Waals surface area contributed by atoms with Crippen LogP contribution in [0.25, 0.3) is 0 Å². The van der Waals surface area contributed by atoms with Crippen molar-refractivity contribution in [1.29, 1.82) is 0 Å². The van der Waals surface area contributed by atoms with Gasteiger partial charge in [-0.3, -0.25) is 0 Å². The molecule has 2 rings (SSSR count). The van der Waals surface area contributed by atoms with Gasteiger partial charge in [0.1, 0.15) is 23.4 Å². The SMILES string of the molecule is C#CC(O)c1ccc(OCCc2ccc(OC)cc2)cc1OC. The average molecular weight is 312 g/mol. The van der Waals surface area contributed by atoms with E-state index in [2.05, 4.69) is 5.92 Å². The molecule has 0 saturated heterocycles. The molecule has 2 aromatic carbocycles. The second-order valence-corrected chi connectivity index (χ2v) is 4.92. The van der Waals surface area contributed by atoms with E-state index in [4.69, 9.17) is 20.6 Å². The Morgan fingerprint density at radius 1 is 1.04 bits per heavy atom. The molecule has 1 atom stereocenters. The molecule has 0 aliphatic rings. The van der Waals surface area contributed by atoms with E-state index < -0.39 is 6.10 Å². The average Bonchev–Trinajstić information content (AvgIpc) is 2.61. The van der Waals surface area contributed by atoms with Crippen molar-refractivity contribution < 1.29 is 19.3 Å². The summed E-state index contributed by atoms with van der Waals surface area (Å²) >= 11 is 0. The number of methoxy groups -OCH3 is 2. The van der Waals surface area contributed by atoms with Gasteiger partial charge in [0, 0.05) is 18.1 Å². The molecule has 0 aromatic heterocycles. The number of terminal acetylenes is 1. The molecule has 4 nitrogen and oxygen atoms in total. The van der Waals surface area contributed by atoms with Crippen LogP contribution in [0.4, 0.5) is 0 Å². The van der Waals surface area contributed by atoms with Gasteiger partial charge in [0.05, 0.1) is 20.8 Å². The van der Waals surface area contributed by atoms with E-state index in [-0.39, 0.29) is 0 Å². The molecule has 0 fully saturated rings. The minimum atomic E-state index is -0.988. The van der Waals surface area contributed by atoms with Crippen LogP contribution in [0.3, 0.4) is 0 Å². The summed E-state index contributed by atoms with van der Waals surface area (Å²) in [7, 11) is 3.18. The highest BCUT2D eigenvalue weighted by Crippen LogP contribution is 2.29. The third-order valence-electron chi connectivity index (χ3n) is 3.48. The molecule has 1 N–H and O–H groups in total. The Hall–Kier alpha value is -2.64. The van der Waals surface area contributed by atoms with Gasteiger partial charge in [0.25, 0.3) is 0 Å². The number of rotatable bonds is 7. The van der Waals surface area contributed by atoms with E-state index in [0.29, 0.717) is 23.7 Å². The summed E-state index contributed by atoms with van der Waals surface area (Å²) in [6.45, 7) is 0.534. The number of aliphatic hydroxyl groups excluding tert-OH is 1. The Balaban J connectivity index is 1.96. The molecule has 4 heteroatoms. The van der Waals surface area contributed by atoms with Crippen LogP contribution in [0.1, 0.15) is 17.2 Å². The van der Waals surface area contributed by atoms with Gasteiger partial charge < -0.3 is 19.3 Å². The van der Waals surface area contributed by atoms with E-state index in [0.717, 1.165) is 17.7 Å². The monoisotopic (exact) mass is 312 g/mol. The number of benzene rings is 2. The van der Waals surface area contributed by atoms with Gasteiger partial charge in [-0.25, -0.2) is 0 Å². The van der Waals surface area contributed by atoms with Crippen LogP contribution in [0.15, 0.2) is 42.5 Å². The summed E-state index contributed by atoms with van der Waals surface area (Å²) in [6.07, 6.45) is 5.03. The predicted octanol–water partition coefficient (Wildman–Crippen LogP) is 2.99. The minimum Gasteiger partial charge on any atom is -0.497 e. The largest absolute Gasteiger partial charge is 0.497 e. The van der Waals surface area contributed by atoms with Crippen molar-refractivity contribution in [1.82, 2.24) is 0 Å². The van der Waals surface area contributed by atoms with Crippen molar-refractivity contribution in [3.8, 4) is 29.6 Å². The smallest absolute Gasteiger partial charge is 0.143 e. The third kappa shape index (κ3) is 4.41. The van der Waals surface area contributed by atoms with Crippen molar-refractivity contribution in [2.45, 2.75) is 12.5 Å². The highest BCUT2D eigenvalue weighted by Gasteiger charge is 2.11. The van der Waals surface area contributed by atoms with E-state index >= 15 is 0 Å². The zero-order valence-electron chi connectivity index (χ0n) is 13.3. The molecule has 120 valence electrons. The maximum atomic E-state index is 9.73. The fraction of sp³-hybridized carbons (Fsp3) is 0.263. The van der Waals surface area contributed by atoms with Gasteiger partial charge in [0.15, 0.2) is 0 Å². The van der Waals surface area contributed by atoms with Crippen LogP contribution in [0.5, 0.6) is 17.2 Å². The molecule has 23 heavy (non-hydrogen) atoms. The Bertz CT molecular complexity index is 671. The minimum absolute atomic E-state index is 0.511. The highest BCUT2D eigenvalue weighted by molar-refractivity contribution is 5.44. The molecule has 0 radical (unpaired) electrons. The standard InChI is InChI=1S/C19H20O4/c1-4-18(20)17-10-9-16(13-19(17)22-3)23-12-11-14-5-7-15(21-2)8-6-14/h1,5-10,13,18,20H,11-12H2,2-3H3. The Kier molecular flexibility index (Phi) is 5.90. The maximum absolute atomic E-state index is 9.73. The van der Waals surface area contributed by atoms with Crippen LogP contribution in [0, 0.1) is 12.3 Å². The maximum Gasteiger partial charge on any atom is 0.143 e. The number of hydrogen-bond acceptors (Lipinski definition) is 4. The lowest BCUT2D eigenvalue weighted by Gasteiger charge is -2.13. The molecule has 0 saturated carbocycles. The summed E-state index contributed by atoms with van der Waals surface area (Å²) in [6, 6.07) is 13.1. The first-order valence-corrected chi connectivity index (χ1v) is 7.25. The molecule has 0 bridgehead atoms. The molecule has 0 spiro atoms. The van der Waals surface area contributed by atoms with Crippen LogP contribution < -0.4 is 14.2 Å². The summed E-state index contributed by atoms with van der Waals surface area (Å²) in [5.41, 5.74) is 1.72. The van der Waals surface area contributed by atoms with Crippen molar-refractivity contribution in [3.05, 3.63) is 53.6 Å². The van der Waals surface area contributed by atoms with Gasteiger partial charge >= 0.3 is 0 Å². The molecule has 0 aliphatic heterocycles. The first-order valence-electron chi connectivity index (χ1n) is 7.25. The van der Waals surface area contributed by atoms with Crippen LogP contribution in [-0.2, 0) is 6.42 Å². The second kappa shape index (κ2) is 8.11. The number of aliphatic hydroxyl groups is 1. The molecule has 1 unspecified atom stereocenters. The lowest BCUT2D eigenvalue weighted by molar-refractivity contribution is 0.232. The van der Waals surface area contributed by atoms with E-state index in [1.54, 1.807) is 25.3 Å². The molecular weight excluding hydrogens is 292 g/mol. The summed E-state index contributed by atoms with van der Waals surface area (Å²) < 4.78 is 16.1. The van der Waals surface area contributed by atoms with E-state index in [1.165, 1.54) is 7.11 Å². The molecule has 2 aromatic rings. The van der Waals surface area contributed by atoms with Crippen molar-refractivity contribution in [2.24, 2.45) is 0 Å². The Labute approximate surface area is 136 Å². The van der Waals surface area contributed by atoms with Crippen LogP contribution >= 0.6 is 0 Å². The Morgan fingerprint density at radius 3 is 2.35 bits per heavy atom. The van der Waals surface area contributed by atoms with Crippen LogP contribution in [0.2, 0.25) is 0 Å². The Morgan fingerprint density at radius 2 is 1.74 bits per heavy atom. The zero-order chi connectivity index (χ0) is 16.7. The number of hydrogen-bond donors (Lipinski definition) is 1. The van der Waals surface area contributed by atoms with E-state index in [1.807, 2.05) is 24.3 Å². The highest BCUT2D eigenvalue weighted by atomic mass is 16.5. The zero-order valence-corrected chi connectivity index (χ0v) is 13.3. The van der Waals surface area contributed by atoms with Gasteiger partial charge in [0.2, 0.25) is 0 Å². The van der Waals surface area contributed by atoms with Gasteiger partial charge in [-0.2, -0.15) is 0 Å².